The van der Waals surface area contributed by atoms with Gasteiger partial charge in [0.05, 0.1) is 14.7 Å². The van der Waals surface area contributed by atoms with Crippen LogP contribution >= 0.6 is 0 Å². The van der Waals surface area contributed by atoms with Crippen LogP contribution in [0.25, 0.3) is 0 Å². The zero-order valence-corrected chi connectivity index (χ0v) is 16.3. The molecule has 1 aliphatic heterocycles. The molecule has 1 saturated heterocycles. The Bertz CT molecular complexity index is 779. The number of hydrogen-bond acceptors (Lipinski definition) is 7. The largest absolute Gasteiger partial charge is 0.360 e. The van der Waals surface area contributed by atoms with Crippen molar-refractivity contribution in [1.82, 2.24) is 4.31 Å². The van der Waals surface area contributed by atoms with Crippen molar-refractivity contribution in [3.63, 3.8) is 0 Å². The Kier molecular flexibility index (Phi) is 6.71. The first kappa shape index (κ1) is 21.0. The fourth-order valence-electron chi connectivity index (χ4n) is 3.28. The number of nitro groups is 2. The number of hydrogen-bond donors (Lipinski definition) is 0. The van der Waals surface area contributed by atoms with E-state index in [1.807, 2.05) is 13.8 Å². The number of anilines is 1. The summed E-state index contributed by atoms with van der Waals surface area (Å²) in [5.74, 6) is 0. The molecule has 11 heteroatoms. The summed E-state index contributed by atoms with van der Waals surface area (Å²) in [6, 6.07) is 1.91. The van der Waals surface area contributed by atoms with Crippen molar-refractivity contribution >= 4 is 27.1 Å². The molecule has 2 rings (SSSR count). The second kappa shape index (κ2) is 8.61. The minimum atomic E-state index is -4.01. The summed E-state index contributed by atoms with van der Waals surface area (Å²) in [4.78, 5) is 23.0. The van der Waals surface area contributed by atoms with Gasteiger partial charge < -0.3 is 4.90 Å². The highest BCUT2D eigenvalue weighted by molar-refractivity contribution is 7.89. The highest BCUT2D eigenvalue weighted by atomic mass is 32.2. The minimum Gasteiger partial charge on any atom is -0.360 e. The second-order valence-electron chi connectivity index (χ2n) is 6.42. The van der Waals surface area contributed by atoms with Crippen LogP contribution in [-0.2, 0) is 10.0 Å². The van der Waals surface area contributed by atoms with Crippen LogP contribution in [0.5, 0.6) is 0 Å². The van der Waals surface area contributed by atoms with E-state index in [1.54, 1.807) is 4.90 Å². The first-order valence-corrected chi connectivity index (χ1v) is 10.4. The standard InChI is InChI=1S/C16H24N4O6S/c1-3-7-17(8-4-2)16-14(19(21)22)11-13(12-15(16)20(23)24)27(25,26)18-9-5-6-10-18/h11-12H,3-10H2,1-2H3. The number of nitrogens with zero attached hydrogens (tertiary/aromatic N) is 4. The summed E-state index contributed by atoms with van der Waals surface area (Å²) in [6.07, 6.45) is 2.68. The van der Waals surface area contributed by atoms with Gasteiger partial charge in [-0.3, -0.25) is 20.2 Å². The molecule has 0 aliphatic carbocycles. The Morgan fingerprint density at radius 3 is 1.81 bits per heavy atom. The zero-order valence-electron chi connectivity index (χ0n) is 15.5. The van der Waals surface area contributed by atoms with E-state index in [-0.39, 0.29) is 5.69 Å². The first-order chi connectivity index (χ1) is 12.7. The van der Waals surface area contributed by atoms with Gasteiger partial charge in [0.1, 0.15) is 0 Å². The van der Waals surface area contributed by atoms with E-state index >= 15 is 0 Å². The lowest BCUT2D eigenvalue weighted by Crippen LogP contribution is -2.29. The quantitative estimate of drug-likeness (QED) is 0.460. The Morgan fingerprint density at radius 2 is 1.44 bits per heavy atom. The van der Waals surface area contributed by atoms with Gasteiger partial charge in [-0.2, -0.15) is 4.31 Å². The molecule has 0 amide bonds. The third-order valence-electron chi connectivity index (χ3n) is 4.44. The van der Waals surface area contributed by atoms with Gasteiger partial charge in [-0.05, 0) is 25.7 Å². The van der Waals surface area contributed by atoms with Crippen LogP contribution < -0.4 is 4.90 Å². The molecule has 0 atom stereocenters. The summed E-state index contributed by atoms with van der Waals surface area (Å²) in [7, 11) is -4.01. The van der Waals surface area contributed by atoms with E-state index in [9.17, 15) is 28.6 Å². The molecule has 150 valence electrons. The predicted molar refractivity (Wildman–Crippen MR) is 101 cm³/mol. The van der Waals surface area contributed by atoms with Gasteiger partial charge in [0.15, 0.2) is 5.69 Å². The van der Waals surface area contributed by atoms with E-state index in [0.29, 0.717) is 51.9 Å². The summed E-state index contributed by atoms with van der Waals surface area (Å²) in [5.41, 5.74) is -1.23. The van der Waals surface area contributed by atoms with Crippen molar-refractivity contribution in [2.75, 3.05) is 31.1 Å². The molecule has 1 heterocycles. The summed E-state index contributed by atoms with van der Waals surface area (Å²) >= 11 is 0. The highest BCUT2D eigenvalue weighted by Gasteiger charge is 2.36. The minimum absolute atomic E-state index is 0.130. The zero-order chi connectivity index (χ0) is 20.2. The molecule has 1 aliphatic rings. The Morgan fingerprint density at radius 1 is 1.00 bits per heavy atom. The molecule has 0 radical (unpaired) electrons. The monoisotopic (exact) mass is 400 g/mol. The topological polar surface area (TPSA) is 127 Å². The Labute approximate surface area is 158 Å². The van der Waals surface area contributed by atoms with Crippen molar-refractivity contribution in [1.29, 1.82) is 0 Å². The lowest BCUT2D eigenvalue weighted by atomic mass is 10.2. The normalized spacial score (nSPS) is 15.0. The van der Waals surface area contributed by atoms with Crippen molar-refractivity contribution in [3.05, 3.63) is 32.4 Å². The first-order valence-electron chi connectivity index (χ1n) is 8.95. The van der Waals surface area contributed by atoms with Gasteiger partial charge in [0.25, 0.3) is 0 Å². The van der Waals surface area contributed by atoms with Crippen molar-refractivity contribution < 1.29 is 18.3 Å². The van der Waals surface area contributed by atoms with E-state index in [4.69, 9.17) is 0 Å². The summed E-state index contributed by atoms with van der Waals surface area (Å²) in [5, 5.41) is 23.3. The van der Waals surface area contributed by atoms with Crippen molar-refractivity contribution in [2.45, 2.75) is 44.4 Å². The molecular formula is C16H24N4O6S. The highest BCUT2D eigenvalue weighted by Crippen LogP contribution is 2.41. The molecule has 1 fully saturated rings. The van der Waals surface area contributed by atoms with Crippen LogP contribution in [0.3, 0.4) is 0 Å². The summed E-state index contributed by atoms with van der Waals surface area (Å²) < 4.78 is 26.8. The van der Waals surface area contributed by atoms with Gasteiger partial charge in [-0.15, -0.1) is 0 Å². The van der Waals surface area contributed by atoms with Crippen LogP contribution in [0, 0.1) is 20.2 Å². The number of nitro benzene ring substituents is 2. The van der Waals surface area contributed by atoms with Crippen LogP contribution in [-0.4, -0.2) is 48.7 Å². The lowest BCUT2D eigenvalue weighted by Gasteiger charge is -2.24. The van der Waals surface area contributed by atoms with Gasteiger partial charge in [0, 0.05) is 38.3 Å². The summed E-state index contributed by atoms with van der Waals surface area (Å²) in [6.45, 7) is 5.15. The molecule has 1 aromatic rings. The number of benzene rings is 1. The fraction of sp³-hybridized carbons (Fsp3) is 0.625. The van der Waals surface area contributed by atoms with Gasteiger partial charge in [-0.1, -0.05) is 13.8 Å². The molecule has 0 saturated carbocycles. The van der Waals surface area contributed by atoms with E-state index in [2.05, 4.69) is 0 Å². The predicted octanol–water partition coefficient (Wildman–Crippen LogP) is 2.91. The third kappa shape index (κ3) is 4.35. The molecule has 0 unspecified atom stereocenters. The number of rotatable bonds is 9. The van der Waals surface area contributed by atoms with E-state index < -0.39 is 36.1 Å². The van der Waals surface area contributed by atoms with Crippen LogP contribution in [0.4, 0.5) is 17.1 Å². The Balaban J connectivity index is 2.71. The second-order valence-corrected chi connectivity index (χ2v) is 8.36. The van der Waals surface area contributed by atoms with Crippen LogP contribution in [0.2, 0.25) is 0 Å². The smallest absolute Gasteiger partial charge is 0.301 e. The van der Waals surface area contributed by atoms with Crippen LogP contribution in [0.1, 0.15) is 39.5 Å². The van der Waals surface area contributed by atoms with Gasteiger partial charge in [0.2, 0.25) is 10.0 Å². The molecular weight excluding hydrogens is 376 g/mol. The maximum absolute atomic E-state index is 12.8. The molecule has 0 N–H and O–H groups in total. The van der Waals surface area contributed by atoms with Crippen molar-refractivity contribution in [3.8, 4) is 0 Å². The Hall–Kier alpha value is -2.27. The molecule has 0 spiro atoms. The average molecular weight is 400 g/mol. The molecule has 0 aromatic heterocycles. The molecule has 27 heavy (non-hydrogen) atoms. The maximum atomic E-state index is 12.8. The molecule has 1 aromatic carbocycles. The van der Waals surface area contributed by atoms with Gasteiger partial charge >= 0.3 is 11.4 Å². The molecule has 0 bridgehead atoms. The maximum Gasteiger partial charge on any atom is 0.301 e. The fourth-order valence-corrected chi connectivity index (χ4v) is 4.84. The van der Waals surface area contributed by atoms with E-state index in [0.717, 1.165) is 12.1 Å². The van der Waals surface area contributed by atoms with Crippen LogP contribution in [0.15, 0.2) is 17.0 Å². The molecule has 10 nitrogen and oxygen atoms in total. The number of sulfonamides is 1. The third-order valence-corrected chi connectivity index (χ3v) is 6.32. The average Bonchev–Trinajstić information content (AvgIpc) is 3.15. The van der Waals surface area contributed by atoms with E-state index in [1.165, 1.54) is 4.31 Å². The SMILES string of the molecule is CCCN(CCC)c1c([N+](=O)[O-])cc(S(=O)(=O)N2CCCC2)cc1[N+](=O)[O-]. The van der Waals surface area contributed by atoms with Crippen molar-refractivity contribution in [2.24, 2.45) is 0 Å². The lowest BCUT2D eigenvalue weighted by molar-refractivity contribution is -0.393. The van der Waals surface area contributed by atoms with Gasteiger partial charge in [-0.25, -0.2) is 8.42 Å².